The molecule has 0 bridgehead atoms. The van der Waals surface area contributed by atoms with Gasteiger partial charge in [-0.25, -0.2) is 0 Å². The number of hydrogen-bond donors (Lipinski definition) is 0. The molecule has 2 nitrogen and oxygen atoms in total. The first-order valence-corrected chi connectivity index (χ1v) is 4.73. The van der Waals surface area contributed by atoms with Crippen LogP contribution >= 0.6 is 0 Å². The maximum atomic E-state index is 5.25. The highest BCUT2D eigenvalue weighted by atomic mass is 16.6. The normalized spacial score (nSPS) is 23.7. The third kappa shape index (κ3) is 2.17. The van der Waals surface area contributed by atoms with Gasteiger partial charge in [0.15, 0.2) is 0 Å². The van der Waals surface area contributed by atoms with Gasteiger partial charge < -0.3 is 9.22 Å². The first-order valence-electron chi connectivity index (χ1n) is 4.73. The smallest absolute Gasteiger partial charge is 0.130 e. The highest BCUT2D eigenvalue weighted by Gasteiger charge is 2.33. The first kappa shape index (κ1) is 9.01. The molecule has 1 atom stereocenters. The Balaban J connectivity index is 2.39. The molecule has 11 heavy (non-hydrogen) atoms. The molecule has 1 rings (SSSR count). The number of nitrogens with zero attached hydrogens (tertiary/aromatic N) is 1. The van der Waals surface area contributed by atoms with Crippen molar-refractivity contribution in [1.82, 2.24) is 0 Å². The molecule has 1 saturated heterocycles. The minimum atomic E-state index is 0.579. The standard InChI is InChI=1S/C9H20NO/c1-4-10(5-2,6-3)7-9-8-11-9/h9H,4-8H2,1-3H3/q+1/t9-/m1/s1. The van der Waals surface area contributed by atoms with Crippen LogP contribution in [-0.4, -0.2) is 43.4 Å². The predicted molar refractivity (Wildman–Crippen MR) is 46.5 cm³/mol. The van der Waals surface area contributed by atoms with E-state index in [0.29, 0.717) is 6.10 Å². The van der Waals surface area contributed by atoms with E-state index in [1.54, 1.807) is 0 Å². The summed E-state index contributed by atoms with van der Waals surface area (Å²) in [6.07, 6.45) is 0.579. The monoisotopic (exact) mass is 158 g/mol. The van der Waals surface area contributed by atoms with Crippen LogP contribution < -0.4 is 0 Å². The lowest BCUT2D eigenvalue weighted by Crippen LogP contribution is -2.49. The second-order valence-electron chi connectivity index (χ2n) is 3.43. The van der Waals surface area contributed by atoms with E-state index in [9.17, 15) is 0 Å². The van der Waals surface area contributed by atoms with E-state index in [4.69, 9.17) is 4.74 Å². The number of ether oxygens (including phenoxy) is 1. The number of likely N-dealkylation sites (N-methyl/N-ethyl adjacent to an activating group) is 1. The summed E-state index contributed by atoms with van der Waals surface area (Å²) in [6, 6.07) is 0. The summed E-state index contributed by atoms with van der Waals surface area (Å²) in [7, 11) is 0. The fraction of sp³-hybridized carbons (Fsp3) is 1.00. The Morgan fingerprint density at radius 3 is 1.91 bits per heavy atom. The molecule has 0 aromatic rings. The average molecular weight is 158 g/mol. The second-order valence-corrected chi connectivity index (χ2v) is 3.43. The second kappa shape index (κ2) is 3.55. The predicted octanol–water partition coefficient (Wildman–Crippen LogP) is 1.26. The molecule has 0 radical (unpaired) electrons. The number of quaternary nitrogens is 1. The zero-order valence-electron chi connectivity index (χ0n) is 7.97. The van der Waals surface area contributed by atoms with E-state index in [1.165, 1.54) is 30.7 Å². The number of rotatable bonds is 5. The van der Waals surface area contributed by atoms with Gasteiger partial charge in [0.05, 0.1) is 26.2 Å². The summed E-state index contributed by atoms with van der Waals surface area (Å²) >= 11 is 0. The van der Waals surface area contributed by atoms with E-state index >= 15 is 0 Å². The van der Waals surface area contributed by atoms with Crippen LogP contribution in [0.4, 0.5) is 0 Å². The Kier molecular flexibility index (Phi) is 2.90. The Morgan fingerprint density at radius 2 is 1.64 bits per heavy atom. The van der Waals surface area contributed by atoms with Gasteiger partial charge in [0.2, 0.25) is 0 Å². The summed E-state index contributed by atoms with van der Waals surface area (Å²) in [6.45, 7) is 12.8. The molecular formula is C9H20NO+. The maximum Gasteiger partial charge on any atom is 0.130 e. The van der Waals surface area contributed by atoms with Crippen LogP contribution in [0.2, 0.25) is 0 Å². The highest BCUT2D eigenvalue weighted by Crippen LogP contribution is 2.16. The number of epoxide rings is 1. The van der Waals surface area contributed by atoms with Crippen LogP contribution in [0.1, 0.15) is 20.8 Å². The van der Waals surface area contributed by atoms with Crippen molar-refractivity contribution in [2.75, 3.05) is 32.8 Å². The van der Waals surface area contributed by atoms with Crippen LogP contribution in [-0.2, 0) is 4.74 Å². The summed E-state index contributed by atoms with van der Waals surface area (Å²) in [4.78, 5) is 0. The van der Waals surface area contributed by atoms with Crippen LogP contribution in [0.25, 0.3) is 0 Å². The van der Waals surface area contributed by atoms with Crippen molar-refractivity contribution in [2.45, 2.75) is 26.9 Å². The van der Waals surface area contributed by atoms with E-state index in [2.05, 4.69) is 20.8 Å². The lowest BCUT2D eigenvalue weighted by Gasteiger charge is -2.35. The van der Waals surface area contributed by atoms with Crippen LogP contribution in [0.5, 0.6) is 0 Å². The van der Waals surface area contributed by atoms with Gasteiger partial charge in [-0.3, -0.25) is 0 Å². The molecule has 1 aliphatic heterocycles. The van der Waals surface area contributed by atoms with Gasteiger partial charge in [0.1, 0.15) is 12.6 Å². The zero-order chi connectivity index (χ0) is 8.32. The summed E-state index contributed by atoms with van der Waals surface area (Å²) < 4.78 is 6.48. The third-order valence-electron chi connectivity index (χ3n) is 3.01. The van der Waals surface area contributed by atoms with Crippen molar-refractivity contribution in [3.63, 3.8) is 0 Å². The molecule has 1 fully saturated rings. The molecule has 0 saturated carbocycles. The molecule has 0 aromatic carbocycles. The van der Waals surface area contributed by atoms with Crippen molar-refractivity contribution in [3.8, 4) is 0 Å². The highest BCUT2D eigenvalue weighted by molar-refractivity contribution is 4.68. The van der Waals surface area contributed by atoms with Gasteiger partial charge >= 0.3 is 0 Å². The topological polar surface area (TPSA) is 12.5 Å². The van der Waals surface area contributed by atoms with E-state index in [0.717, 1.165) is 6.61 Å². The Labute approximate surface area is 69.7 Å². The molecule has 0 aromatic heterocycles. The Bertz CT molecular complexity index is 108. The van der Waals surface area contributed by atoms with Crippen molar-refractivity contribution in [2.24, 2.45) is 0 Å². The van der Waals surface area contributed by atoms with E-state index in [-0.39, 0.29) is 0 Å². The summed E-state index contributed by atoms with van der Waals surface area (Å²) in [5.41, 5.74) is 0. The minimum Gasteiger partial charge on any atom is -0.367 e. The quantitative estimate of drug-likeness (QED) is 0.433. The van der Waals surface area contributed by atoms with Crippen molar-refractivity contribution < 1.29 is 9.22 Å². The largest absolute Gasteiger partial charge is 0.367 e. The van der Waals surface area contributed by atoms with Gasteiger partial charge in [-0.15, -0.1) is 0 Å². The van der Waals surface area contributed by atoms with Gasteiger partial charge in [0, 0.05) is 0 Å². The van der Waals surface area contributed by atoms with Gasteiger partial charge in [-0.2, -0.15) is 0 Å². The van der Waals surface area contributed by atoms with Crippen LogP contribution in [0.3, 0.4) is 0 Å². The lowest BCUT2D eigenvalue weighted by atomic mass is 10.3. The van der Waals surface area contributed by atoms with Crippen LogP contribution in [0, 0.1) is 0 Å². The van der Waals surface area contributed by atoms with Gasteiger partial charge in [-0.1, -0.05) is 0 Å². The van der Waals surface area contributed by atoms with Crippen molar-refractivity contribution >= 4 is 0 Å². The van der Waals surface area contributed by atoms with Gasteiger partial charge in [0.25, 0.3) is 0 Å². The molecule has 1 heterocycles. The maximum absolute atomic E-state index is 5.25. The molecule has 1 aliphatic rings. The number of hydrogen-bond acceptors (Lipinski definition) is 1. The average Bonchev–Trinajstić information content (AvgIpc) is 2.84. The SMILES string of the molecule is CC[N+](CC)(CC)C[C@@H]1CO1. The minimum absolute atomic E-state index is 0.579. The van der Waals surface area contributed by atoms with Gasteiger partial charge in [-0.05, 0) is 20.8 Å². The fourth-order valence-corrected chi connectivity index (χ4v) is 1.66. The zero-order valence-corrected chi connectivity index (χ0v) is 7.97. The van der Waals surface area contributed by atoms with E-state index < -0.39 is 0 Å². The Morgan fingerprint density at radius 1 is 1.18 bits per heavy atom. The third-order valence-corrected chi connectivity index (χ3v) is 3.01. The molecule has 2 heteroatoms. The summed E-state index contributed by atoms with van der Waals surface area (Å²) in [5.74, 6) is 0. The Hall–Kier alpha value is -0.0800. The van der Waals surface area contributed by atoms with E-state index in [1.807, 2.05) is 0 Å². The van der Waals surface area contributed by atoms with Crippen molar-refractivity contribution in [3.05, 3.63) is 0 Å². The summed E-state index contributed by atoms with van der Waals surface area (Å²) in [5, 5.41) is 0. The van der Waals surface area contributed by atoms with Crippen LogP contribution in [0.15, 0.2) is 0 Å². The molecule has 0 amide bonds. The molecule has 0 N–H and O–H groups in total. The molecule has 0 aliphatic carbocycles. The first-order chi connectivity index (χ1) is 5.26. The van der Waals surface area contributed by atoms with Crippen molar-refractivity contribution in [1.29, 1.82) is 0 Å². The molecular weight excluding hydrogens is 138 g/mol. The fourth-order valence-electron chi connectivity index (χ4n) is 1.66. The molecule has 0 unspecified atom stereocenters. The molecule has 66 valence electrons. The molecule has 0 spiro atoms. The lowest BCUT2D eigenvalue weighted by molar-refractivity contribution is -0.923.